The molecule has 4 rings (SSSR count). The van der Waals surface area contributed by atoms with E-state index in [0.29, 0.717) is 0 Å². The third kappa shape index (κ3) is 6.01. The number of nitrogens with zero attached hydrogens (tertiary/aromatic N) is 1. The molecule has 1 aromatic heterocycles. The molecule has 0 fully saturated rings. The summed E-state index contributed by atoms with van der Waals surface area (Å²) >= 11 is 0. The highest BCUT2D eigenvalue weighted by atomic mass is 28.4. The third-order valence-corrected chi connectivity index (χ3v) is 12.5. The molecule has 4 nitrogen and oxygen atoms in total. The van der Waals surface area contributed by atoms with Crippen LogP contribution in [0.3, 0.4) is 0 Å². The molecule has 0 N–H and O–H groups in total. The zero-order chi connectivity index (χ0) is 25.9. The summed E-state index contributed by atoms with van der Waals surface area (Å²) in [5, 5.41) is 1.43. The summed E-state index contributed by atoms with van der Waals surface area (Å²) in [6, 6.07) is 19.2. The third-order valence-electron chi connectivity index (χ3n) is 7.92. The topological polar surface area (TPSA) is 40.5 Å². The molecular formula is C31H41NO3Si. The molecule has 0 spiro atoms. The van der Waals surface area contributed by atoms with Crippen molar-refractivity contribution in [2.45, 2.75) is 77.7 Å². The van der Waals surface area contributed by atoms with Crippen molar-refractivity contribution in [1.29, 1.82) is 0 Å². The monoisotopic (exact) mass is 503 g/mol. The normalized spacial score (nSPS) is 19.4. The average molecular weight is 504 g/mol. The maximum Gasteiger partial charge on any atom is 0.302 e. The first-order valence-corrected chi connectivity index (χ1v) is 16.1. The molecule has 3 aromatic rings. The fourth-order valence-corrected chi connectivity index (χ4v) is 5.97. The number of hydrogen-bond acceptors (Lipinski definition) is 3. The van der Waals surface area contributed by atoms with Gasteiger partial charge in [0.25, 0.3) is 0 Å². The minimum atomic E-state index is -1.80. The highest BCUT2D eigenvalue weighted by Gasteiger charge is 2.37. The van der Waals surface area contributed by atoms with Gasteiger partial charge in [-0.25, -0.2) is 0 Å². The first-order chi connectivity index (χ1) is 17.0. The molecule has 0 radical (unpaired) electrons. The lowest BCUT2D eigenvalue weighted by Crippen LogP contribution is -2.41. The number of fused-ring (bicyclic) bond motifs is 3. The van der Waals surface area contributed by atoms with Gasteiger partial charge in [-0.15, -0.1) is 0 Å². The number of para-hydroxylation sites is 1. The van der Waals surface area contributed by atoms with Crippen molar-refractivity contribution in [2.75, 3.05) is 6.61 Å². The summed E-state index contributed by atoms with van der Waals surface area (Å²) in [5.74, 6) is 0.0749. The summed E-state index contributed by atoms with van der Waals surface area (Å²) in [7, 11) is -1.80. The fraction of sp³-hybridized carbons (Fsp3) is 0.452. The second kappa shape index (κ2) is 10.8. The van der Waals surface area contributed by atoms with Crippen LogP contribution in [0.4, 0.5) is 0 Å². The van der Waals surface area contributed by atoms with Gasteiger partial charge in [0, 0.05) is 43.1 Å². The van der Waals surface area contributed by atoms with E-state index < -0.39 is 8.32 Å². The van der Waals surface area contributed by atoms with Crippen molar-refractivity contribution in [3.63, 3.8) is 0 Å². The summed E-state index contributed by atoms with van der Waals surface area (Å²) in [6.45, 7) is 14.5. The van der Waals surface area contributed by atoms with E-state index in [1.54, 1.807) is 0 Å². The van der Waals surface area contributed by atoms with Gasteiger partial charge in [-0.1, -0.05) is 75.4 Å². The molecule has 1 heterocycles. The second-order valence-corrected chi connectivity index (χ2v) is 16.4. The lowest BCUT2D eigenvalue weighted by Gasteiger charge is -2.36. The van der Waals surface area contributed by atoms with Gasteiger partial charge in [0.05, 0.1) is 0 Å². The van der Waals surface area contributed by atoms with Crippen LogP contribution in [0, 0.1) is 5.92 Å². The molecule has 192 valence electrons. The number of allylic oxidation sites excluding steroid dienone is 1. The van der Waals surface area contributed by atoms with Crippen LogP contribution in [-0.2, 0) is 26.9 Å². The van der Waals surface area contributed by atoms with Gasteiger partial charge in [-0.05, 0) is 60.2 Å². The Labute approximate surface area is 217 Å². The number of benzene rings is 2. The van der Waals surface area contributed by atoms with Gasteiger partial charge < -0.3 is 13.7 Å². The van der Waals surface area contributed by atoms with Crippen LogP contribution in [-0.4, -0.2) is 31.6 Å². The Hall–Kier alpha value is -2.63. The quantitative estimate of drug-likeness (QED) is 0.246. The van der Waals surface area contributed by atoms with Crippen molar-refractivity contribution >= 4 is 31.3 Å². The van der Waals surface area contributed by atoms with Crippen LogP contribution in [0.5, 0.6) is 0 Å². The molecule has 2 aromatic carbocycles. The molecule has 2 atom stereocenters. The predicted molar refractivity (Wildman–Crippen MR) is 152 cm³/mol. The Morgan fingerprint density at radius 2 is 1.75 bits per heavy atom. The van der Waals surface area contributed by atoms with Crippen LogP contribution in [0.15, 0.2) is 60.7 Å². The van der Waals surface area contributed by atoms with E-state index in [2.05, 4.69) is 105 Å². The largest absolute Gasteiger partial charge is 0.462 e. The smallest absolute Gasteiger partial charge is 0.302 e. The Morgan fingerprint density at radius 1 is 1.06 bits per heavy atom. The van der Waals surface area contributed by atoms with Crippen LogP contribution < -0.4 is 0 Å². The summed E-state index contributed by atoms with van der Waals surface area (Å²) in [4.78, 5) is 12.0. The zero-order valence-corrected chi connectivity index (χ0v) is 23.7. The molecule has 0 aliphatic heterocycles. The van der Waals surface area contributed by atoms with Crippen molar-refractivity contribution < 1.29 is 14.0 Å². The lowest BCUT2D eigenvalue weighted by molar-refractivity contribution is -0.146. The number of rotatable bonds is 7. The van der Waals surface area contributed by atoms with Crippen LogP contribution in [0.25, 0.3) is 17.0 Å². The molecule has 2 unspecified atom stereocenters. The van der Waals surface area contributed by atoms with Gasteiger partial charge in [0.2, 0.25) is 0 Å². The van der Waals surface area contributed by atoms with E-state index in [1.807, 2.05) is 0 Å². The minimum Gasteiger partial charge on any atom is -0.462 e. The van der Waals surface area contributed by atoms with E-state index in [4.69, 9.17) is 9.16 Å². The standard InChI is InChI=1S/C31H41NO3Si/c1-23(33)35-26-20-24(18-19-34-36(5,6)31(2,3)4)16-17-30-28(21-26)27-14-10-11-15-29(27)32(30)22-25-12-8-7-9-13-25/h7-17,24,26H,18-22H2,1-6H3/b17-16-. The van der Waals surface area contributed by atoms with Gasteiger partial charge in [0.15, 0.2) is 8.32 Å². The Morgan fingerprint density at radius 3 is 2.44 bits per heavy atom. The molecule has 0 saturated carbocycles. The molecule has 5 heteroatoms. The molecule has 0 amide bonds. The van der Waals surface area contributed by atoms with E-state index in [0.717, 1.165) is 32.4 Å². The predicted octanol–water partition coefficient (Wildman–Crippen LogP) is 7.61. The van der Waals surface area contributed by atoms with Gasteiger partial charge in [-0.3, -0.25) is 4.79 Å². The van der Waals surface area contributed by atoms with E-state index in [-0.39, 0.29) is 23.0 Å². The Balaban J connectivity index is 1.68. The summed E-state index contributed by atoms with van der Waals surface area (Å²) < 4.78 is 14.8. The van der Waals surface area contributed by atoms with Gasteiger partial charge in [-0.2, -0.15) is 0 Å². The Bertz CT molecular complexity index is 1220. The highest BCUT2D eigenvalue weighted by molar-refractivity contribution is 6.74. The van der Waals surface area contributed by atoms with Crippen molar-refractivity contribution in [3.8, 4) is 0 Å². The van der Waals surface area contributed by atoms with Crippen molar-refractivity contribution in [2.24, 2.45) is 5.92 Å². The number of aromatic nitrogens is 1. The van der Waals surface area contributed by atoms with Gasteiger partial charge in [0.1, 0.15) is 6.10 Å². The fourth-order valence-electron chi connectivity index (χ4n) is 4.91. The minimum absolute atomic E-state index is 0.153. The van der Waals surface area contributed by atoms with Crippen LogP contribution in [0.2, 0.25) is 18.1 Å². The Kier molecular flexibility index (Phi) is 7.91. The molecule has 0 saturated heterocycles. The SMILES string of the molecule is CC(=O)OC1Cc2c(n(Cc3ccccc3)c3ccccc23)/C=C\C(CCO[Si](C)(C)C(C)(C)C)C1. The average Bonchev–Trinajstić information content (AvgIpc) is 3.07. The first kappa shape index (κ1) is 26.4. The van der Waals surface area contributed by atoms with E-state index >= 15 is 0 Å². The molecular weight excluding hydrogens is 462 g/mol. The number of carbonyl (C=O) groups excluding carboxylic acids is 1. The van der Waals surface area contributed by atoms with Gasteiger partial charge >= 0.3 is 5.97 Å². The van der Waals surface area contributed by atoms with Crippen molar-refractivity contribution in [1.82, 2.24) is 4.57 Å². The molecule has 0 bridgehead atoms. The molecule has 36 heavy (non-hydrogen) atoms. The van der Waals surface area contributed by atoms with Crippen molar-refractivity contribution in [3.05, 3.63) is 77.5 Å². The number of hydrogen-bond donors (Lipinski definition) is 0. The highest BCUT2D eigenvalue weighted by Crippen LogP contribution is 2.37. The van der Waals surface area contributed by atoms with Crippen LogP contribution >= 0.6 is 0 Å². The number of carbonyl (C=O) groups is 1. The summed E-state index contributed by atoms with van der Waals surface area (Å²) in [5.41, 5.74) is 4.97. The van der Waals surface area contributed by atoms with Crippen LogP contribution in [0.1, 0.15) is 57.4 Å². The first-order valence-electron chi connectivity index (χ1n) is 13.2. The maximum atomic E-state index is 12.0. The second-order valence-electron chi connectivity index (χ2n) is 11.6. The summed E-state index contributed by atoms with van der Waals surface area (Å²) in [6.07, 6.45) is 6.94. The number of ether oxygens (including phenoxy) is 1. The maximum absolute atomic E-state index is 12.0. The number of esters is 1. The zero-order valence-electron chi connectivity index (χ0n) is 22.7. The molecule has 1 aliphatic rings. The lowest BCUT2D eigenvalue weighted by atomic mass is 9.90. The van der Waals surface area contributed by atoms with E-state index in [1.165, 1.54) is 34.6 Å². The van der Waals surface area contributed by atoms with E-state index in [9.17, 15) is 4.79 Å². The molecule has 1 aliphatic carbocycles.